The third-order valence-corrected chi connectivity index (χ3v) is 4.99. The molecule has 0 saturated carbocycles. The zero-order chi connectivity index (χ0) is 18.2. The lowest BCUT2D eigenvalue weighted by atomic mass is 10.1. The van der Waals surface area contributed by atoms with Gasteiger partial charge in [0.2, 0.25) is 5.91 Å². The molecule has 5 heteroatoms. The molecule has 0 fully saturated rings. The van der Waals surface area contributed by atoms with Crippen LogP contribution in [0, 0.1) is 0 Å². The molecule has 1 heterocycles. The molecule has 0 aliphatic carbocycles. The number of hydrogen-bond acceptors (Lipinski definition) is 4. The summed E-state index contributed by atoms with van der Waals surface area (Å²) in [4.78, 5) is 16.7. The normalized spacial score (nSPS) is 10.5. The fourth-order valence-corrected chi connectivity index (χ4v) is 3.42. The smallest absolute Gasteiger partial charge is 0.220 e. The molecule has 3 rings (SSSR count). The first-order chi connectivity index (χ1) is 12.7. The van der Waals surface area contributed by atoms with Gasteiger partial charge in [0.15, 0.2) is 0 Å². The van der Waals surface area contributed by atoms with Gasteiger partial charge in [-0.05, 0) is 24.1 Å². The molecule has 1 N–H and O–H groups in total. The number of thiazole rings is 1. The van der Waals surface area contributed by atoms with Gasteiger partial charge < -0.3 is 10.1 Å². The molecule has 0 aliphatic rings. The van der Waals surface area contributed by atoms with Gasteiger partial charge in [-0.1, -0.05) is 42.5 Å². The monoisotopic (exact) mass is 366 g/mol. The molecule has 1 amide bonds. The number of ether oxygens (including phenoxy) is 1. The van der Waals surface area contributed by atoms with Crippen LogP contribution in [-0.2, 0) is 17.6 Å². The lowest BCUT2D eigenvalue weighted by Gasteiger charge is -2.06. The third kappa shape index (κ3) is 5.17. The molecule has 3 aromatic rings. The van der Waals surface area contributed by atoms with E-state index >= 15 is 0 Å². The van der Waals surface area contributed by atoms with Crippen molar-refractivity contribution in [2.45, 2.75) is 19.3 Å². The van der Waals surface area contributed by atoms with Crippen molar-refractivity contribution in [1.29, 1.82) is 0 Å². The van der Waals surface area contributed by atoms with Crippen molar-refractivity contribution >= 4 is 17.2 Å². The standard InChI is InChI=1S/C21H22N2O2S/c1-25-18-9-7-16(8-10-18)13-14-22-20(24)11-12-21-23-19(15-26-21)17-5-3-2-4-6-17/h2-10,15H,11-14H2,1H3,(H,22,24). The van der Waals surface area contributed by atoms with Crippen molar-refractivity contribution in [3.8, 4) is 17.0 Å². The average Bonchev–Trinajstić information content (AvgIpc) is 3.17. The van der Waals surface area contributed by atoms with Gasteiger partial charge in [-0.2, -0.15) is 0 Å². The number of methoxy groups -OCH3 is 1. The second-order valence-electron chi connectivity index (χ2n) is 5.94. The van der Waals surface area contributed by atoms with Crippen molar-refractivity contribution < 1.29 is 9.53 Å². The first-order valence-corrected chi connectivity index (χ1v) is 9.52. The third-order valence-electron chi connectivity index (χ3n) is 4.08. The summed E-state index contributed by atoms with van der Waals surface area (Å²) >= 11 is 1.61. The number of hydrogen-bond donors (Lipinski definition) is 1. The van der Waals surface area contributed by atoms with E-state index in [0.29, 0.717) is 19.4 Å². The molecule has 134 valence electrons. The molecule has 4 nitrogen and oxygen atoms in total. The summed E-state index contributed by atoms with van der Waals surface area (Å²) in [5, 5.41) is 6.02. The van der Waals surface area contributed by atoms with E-state index in [2.05, 4.69) is 10.3 Å². The number of nitrogens with zero attached hydrogens (tertiary/aromatic N) is 1. The Morgan fingerprint density at radius 3 is 2.58 bits per heavy atom. The lowest BCUT2D eigenvalue weighted by molar-refractivity contribution is -0.121. The minimum Gasteiger partial charge on any atom is -0.497 e. The quantitative estimate of drug-likeness (QED) is 0.653. The molecule has 1 aromatic heterocycles. The SMILES string of the molecule is COc1ccc(CCNC(=O)CCc2nc(-c3ccccc3)cs2)cc1. The Hall–Kier alpha value is -2.66. The lowest BCUT2D eigenvalue weighted by Crippen LogP contribution is -2.25. The first kappa shape index (κ1) is 18.1. The highest BCUT2D eigenvalue weighted by Crippen LogP contribution is 2.22. The molecule has 0 spiro atoms. The average molecular weight is 366 g/mol. The van der Waals surface area contributed by atoms with Crippen molar-refractivity contribution in [1.82, 2.24) is 10.3 Å². The number of nitrogens with one attached hydrogen (secondary N) is 1. The summed E-state index contributed by atoms with van der Waals surface area (Å²) in [6.07, 6.45) is 1.95. The van der Waals surface area contributed by atoms with Gasteiger partial charge in [0, 0.05) is 30.3 Å². The fourth-order valence-electron chi connectivity index (χ4n) is 2.61. The molecule has 0 unspecified atom stereocenters. The maximum Gasteiger partial charge on any atom is 0.220 e. The molecule has 0 aliphatic heterocycles. The highest BCUT2D eigenvalue weighted by atomic mass is 32.1. The van der Waals surface area contributed by atoms with Crippen molar-refractivity contribution in [3.05, 3.63) is 70.5 Å². The zero-order valence-corrected chi connectivity index (χ0v) is 15.6. The Balaban J connectivity index is 1.40. The maximum absolute atomic E-state index is 12.0. The van der Waals surface area contributed by atoms with Gasteiger partial charge in [0.1, 0.15) is 5.75 Å². The predicted octanol–water partition coefficient (Wildman–Crippen LogP) is 4.11. The van der Waals surface area contributed by atoms with Crippen LogP contribution in [0.3, 0.4) is 0 Å². The Kier molecular flexibility index (Phi) is 6.39. The van der Waals surface area contributed by atoms with Crippen LogP contribution in [-0.4, -0.2) is 24.5 Å². The van der Waals surface area contributed by atoms with Crippen LogP contribution in [0.15, 0.2) is 60.0 Å². The summed E-state index contributed by atoms with van der Waals surface area (Å²) in [7, 11) is 1.65. The van der Waals surface area contributed by atoms with Crippen LogP contribution in [0.2, 0.25) is 0 Å². The van der Waals surface area contributed by atoms with E-state index in [1.807, 2.05) is 60.0 Å². The summed E-state index contributed by atoms with van der Waals surface area (Å²) < 4.78 is 5.14. The van der Waals surface area contributed by atoms with Gasteiger partial charge in [-0.3, -0.25) is 4.79 Å². The van der Waals surface area contributed by atoms with E-state index in [1.54, 1.807) is 18.4 Å². The molecule has 0 atom stereocenters. The van der Waals surface area contributed by atoms with Crippen molar-refractivity contribution in [2.24, 2.45) is 0 Å². The van der Waals surface area contributed by atoms with Gasteiger partial charge in [0.05, 0.1) is 17.8 Å². The number of carbonyl (C=O) groups is 1. The van der Waals surface area contributed by atoms with E-state index in [1.165, 1.54) is 5.56 Å². The fraction of sp³-hybridized carbons (Fsp3) is 0.238. The molecular weight excluding hydrogens is 344 g/mol. The molecule has 0 bridgehead atoms. The molecule has 26 heavy (non-hydrogen) atoms. The maximum atomic E-state index is 12.0. The van der Waals surface area contributed by atoms with Crippen LogP contribution >= 0.6 is 11.3 Å². The Labute approximate surface area is 157 Å². The second kappa shape index (κ2) is 9.15. The highest BCUT2D eigenvalue weighted by molar-refractivity contribution is 7.09. The Bertz CT molecular complexity index is 829. The van der Waals surface area contributed by atoms with Crippen LogP contribution in [0.5, 0.6) is 5.75 Å². The van der Waals surface area contributed by atoms with E-state index in [0.717, 1.165) is 28.4 Å². The summed E-state index contributed by atoms with van der Waals surface area (Å²) in [6, 6.07) is 18.0. The van der Waals surface area contributed by atoms with Crippen molar-refractivity contribution in [2.75, 3.05) is 13.7 Å². The molecular formula is C21H22N2O2S. The zero-order valence-electron chi connectivity index (χ0n) is 14.8. The number of amides is 1. The second-order valence-corrected chi connectivity index (χ2v) is 6.88. The van der Waals surface area contributed by atoms with E-state index in [-0.39, 0.29) is 5.91 Å². The van der Waals surface area contributed by atoms with Crippen LogP contribution in [0.25, 0.3) is 11.3 Å². The van der Waals surface area contributed by atoms with Crippen LogP contribution < -0.4 is 10.1 Å². The predicted molar refractivity (Wildman–Crippen MR) is 106 cm³/mol. The van der Waals surface area contributed by atoms with Gasteiger partial charge >= 0.3 is 0 Å². The summed E-state index contributed by atoms with van der Waals surface area (Å²) in [6.45, 7) is 0.637. The number of aromatic nitrogens is 1. The minimum atomic E-state index is 0.0648. The minimum absolute atomic E-state index is 0.0648. The molecule has 0 saturated heterocycles. The topological polar surface area (TPSA) is 51.2 Å². The number of rotatable bonds is 8. The summed E-state index contributed by atoms with van der Waals surface area (Å²) in [5.74, 6) is 0.908. The first-order valence-electron chi connectivity index (χ1n) is 8.64. The van der Waals surface area contributed by atoms with E-state index in [4.69, 9.17) is 4.74 Å². The van der Waals surface area contributed by atoms with Gasteiger partial charge in [-0.15, -0.1) is 11.3 Å². The largest absolute Gasteiger partial charge is 0.497 e. The summed E-state index contributed by atoms with van der Waals surface area (Å²) in [5.41, 5.74) is 3.27. The Morgan fingerprint density at radius 1 is 1.08 bits per heavy atom. The van der Waals surface area contributed by atoms with Gasteiger partial charge in [-0.25, -0.2) is 4.98 Å². The van der Waals surface area contributed by atoms with E-state index < -0.39 is 0 Å². The Morgan fingerprint density at radius 2 is 1.85 bits per heavy atom. The number of carbonyl (C=O) groups excluding carboxylic acids is 1. The van der Waals surface area contributed by atoms with E-state index in [9.17, 15) is 4.79 Å². The van der Waals surface area contributed by atoms with Gasteiger partial charge in [0.25, 0.3) is 0 Å². The number of benzene rings is 2. The van der Waals surface area contributed by atoms with Crippen LogP contribution in [0.4, 0.5) is 0 Å². The number of aryl methyl sites for hydroxylation is 1. The molecule has 2 aromatic carbocycles. The highest BCUT2D eigenvalue weighted by Gasteiger charge is 2.07. The van der Waals surface area contributed by atoms with Crippen molar-refractivity contribution in [3.63, 3.8) is 0 Å². The molecule has 0 radical (unpaired) electrons. The van der Waals surface area contributed by atoms with Crippen LogP contribution in [0.1, 0.15) is 17.0 Å².